The van der Waals surface area contributed by atoms with Crippen LogP contribution < -0.4 is 10.2 Å². The van der Waals surface area contributed by atoms with E-state index in [0.29, 0.717) is 12.0 Å². The summed E-state index contributed by atoms with van der Waals surface area (Å²) < 4.78 is 1.07. The lowest BCUT2D eigenvalue weighted by atomic mass is 10.1. The number of fused-ring (bicyclic) bond motifs is 1. The maximum Gasteiger partial charge on any atom is 0.229 e. The van der Waals surface area contributed by atoms with Crippen LogP contribution in [0.2, 0.25) is 0 Å². The summed E-state index contributed by atoms with van der Waals surface area (Å²) in [7, 11) is 0. The molecular formula is C18H21BrN4. The molecule has 1 N–H and O–H groups in total. The van der Waals surface area contributed by atoms with Gasteiger partial charge in [0.05, 0.1) is 0 Å². The highest BCUT2D eigenvalue weighted by atomic mass is 79.9. The Morgan fingerprint density at radius 2 is 2.22 bits per heavy atom. The molecule has 2 aromatic rings. The minimum absolute atomic E-state index is 0.454. The van der Waals surface area contributed by atoms with Gasteiger partial charge in [0.15, 0.2) is 0 Å². The predicted octanol–water partition coefficient (Wildman–Crippen LogP) is 4.92. The third-order valence-corrected chi connectivity index (χ3v) is 5.07. The van der Waals surface area contributed by atoms with Crippen LogP contribution in [0.3, 0.4) is 0 Å². The van der Waals surface area contributed by atoms with Crippen molar-refractivity contribution < 1.29 is 0 Å². The fraction of sp³-hybridized carbons (Fsp3) is 0.333. The van der Waals surface area contributed by atoms with Crippen molar-refractivity contribution in [1.29, 1.82) is 0 Å². The first-order valence-corrected chi connectivity index (χ1v) is 8.71. The van der Waals surface area contributed by atoms with Gasteiger partial charge in [-0.15, -0.1) is 0 Å². The summed E-state index contributed by atoms with van der Waals surface area (Å²) in [5.41, 5.74) is 3.26. The highest BCUT2D eigenvalue weighted by Gasteiger charge is 2.20. The SMILES string of the molecule is CCC(C)N1CC=Cc2cnc(Nc3ccc(C)c(Br)c3)nc21. The van der Waals surface area contributed by atoms with Crippen molar-refractivity contribution >= 4 is 39.5 Å². The Labute approximate surface area is 145 Å². The van der Waals surface area contributed by atoms with Crippen LogP contribution in [0.25, 0.3) is 6.08 Å². The fourth-order valence-electron chi connectivity index (χ4n) is 2.58. The van der Waals surface area contributed by atoms with Gasteiger partial charge in [0.25, 0.3) is 0 Å². The summed E-state index contributed by atoms with van der Waals surface area (Å²) in [6.07, 6.45) is 7.24. The summed E-state index contributed by atoms with van der Waals surface area (Å²) in [6, 6.07) is 6.61. The van der Waals surface area contributed by atoms with Gasteiger partial charge in [-0.05, 0) is 38.0 Å². The zero-order chi connectivity index (χ0) is 16.4. The third kappa shape index (κ3) is 3.39. The first kappa shape index (κ1) is 16.0. The van der Waals surface area contributed by atoms with Gasteiger partial charge in [-0.3, -0.25) is 0 Å². The third-order valence-electron chi connectivity index (χ3n) is 4.22. The van der Waals surface area contributed by atoms with Gasteiger partial charge in [-0.2, -0.15) is 4.98 Å². The van der Waals surface area contributed by atoms with Crippen molar-refractivity contribution in [2.24, 2.45) is 0 Å². The molecular weight excluding hydrogens is 352 g/mol. The second kappa shape index (κ2) is 6.71. The van der Waals surface area contributed by atoms with E-state index in [2.05, 4.69) is 70.1 Å². The molecule has 0 radical (unpaired) electrons. The number of nitrogens with one attached hydrogen (secondary N) is 1. The van der Waals surface area contributed by atoms with E-state index in [4.69, 9.17) is 4.98 Å². The summed E-state index contributed by atoms with van der Waals surface area (Å²) >= 11 is 3.56. The molecule has 0 saturated carbocycles. The maximum atomic E-state index is 4.75. The van der Waals surface area contributed by atoms with Gasteiger partial charge in [-0.25, -0.2) is 4.98 Å². The molecule has 0 amide bonds. The van der Waals surface area contributed by atoms with E-state index < -0.39 is 0 Å². The minimum atomic E-state index is 0.454. The maximum absolute atomic E-state index is 4.75. The molecule has 1 aliphatic heterocycles. The zero-order valence-electron chi connectivity index (χ0n) is 13.7. The summed E-state index contributed by atoms with van der Waals surface area (Å²) in [5, 5.41) is 3.30. The molecule has 2 heterocycles. The number of hydrogen-bond donors (Lipinski definition) is 1. The Morgan fingerprint density at radius 3 is 2.96 bits per heavy atom. The molecule has 0 spiro atoms. The second-order valence-electron chi connectivity index (χ2n) is 5.87. The van der Waals surface area contributed by atoms with Crippen molar-refractivity contribution in [2.45, 2.75) is 33.2 Å². The Bertz CT molecular complexity index is 742. The number of nitrogens with zero attached hydrogens (tertiary/aromatic N) is 3. The van der Waals surface area contributed by atoms with Gasteiger partial charge in [-0.1, -0.05) is 41.1 Å². The lowest BCUT2D eigenvalue weighted by molar-refractivity contribution is 0.632. The van der Waals surface area contributed by atoms with E-state index in [1.807, 2.05) is 18.3 Å². The Morgan fingerprint density at radius 1 is 1.39 bits per heavy atom. The van der Waals surface area contributed by atoms with E-state index in [1.165, 1.54) is 5.56 Å². The minimum Gasteiger partial charge on any atom is -0.350 e. The van der Waals surface area contributed by atoms with E-state index in [9.17, 15) is 0 Å². The molecule has 5 heteroatoms. The smallest absolute Gasteiger partial charge is 0.229 e. The van der Waals surface area contributed by atoms with Gasteiger partial charge in [0, 0.05) is 34.5 Å². The molecule has 23 heavy (non-hydrogen) atoms. The Hall–Kier alpha value is -1.88. The van der Waals surface area contributed by atoms with E-state index in [-0.39, 0.29) is 0 Å². The molecule has 1 aromatic carbocycles. The zero-order valence-corrected chi connectivity index (χ0v) is 15.3. The van der Waals surface area contributed by atoms with E-state index in [1.54, 1.807) is 0 Å². The molecule has 4 nitrogen and oxygen atoms in total. The molecule has 0 saturated heterocycles. The predicted molar refractivity (Wildman–Crippen MR) is 100 cm³/mol. The molecule has 1 aromatic heterocycles. The topological polar surface area (TPSA) is 41.1 Å². The van der Waals surface area contributed by atoms with E-state index >= 15 is 0 Å². The van der Waals surface area contributed by atoms with Crippen molar-refractivity contribution in [3.05, 3.63) is 46.1 Å². The normalized spacial score (nSPS) is 14.5. The number of aryl methyl sites for hydroxylation is 1. The molecule has 3 rings (SSSR count). The van der Waals surface area contributed by atoms with Crippen LogP contribution in [0, 0.1) is 6.92 Å². The van der Waals surface area contributed by atoms with Gasteiger partial charge in [0.2, 0.25) is 5.95 Å². The average molecular weight is 373 g/mol. The van der Waals surface area contributed by atoms with Crippen LogP contribution in [0.5, 0.6) is 0 Å². The second-order valence-corrected chi connectivity index (χ2v) is 6.73. The summed E-state index contributed by atoms with van der Waals surface area (Å²) in [4.78, 5) is 11.5. The molecule has 1 unspecified atom stereocenters. The van der Waals surface area contributed by atoms with Crippen LogP contribution in [-0.4, -0.2) is 22.6 Å². The number of halogens is 1. The highest BCUT2D eigenvalue weighted by Crippen LogP contribution is 2.28. The molecule has 1 aliphatic rings. The van der Waals surface area contributed by atoms with Crippen LogP contribution in [0.1, 0.15) is 31.4 Å². The largest absolute Gasteiger partial charge is 0.350 e. The number of benzene rings is 1. The monoisotopic (exact) mass is 372 g/mol. The van der Waals surface area contributed by atoms with Crippen LogP contribution in [0.4, 0.5) is 17.5 Å². The Balaban J connectivity index is 1.90. The molecule has 1 atom stereocenters. The quantitative estimate of drug-likeness (QED) is 0.826. The molecule has 0 aliphatic carbocycles. The highest BCUT2D eigenvalue weighted by molar-refractivity contribution is 9.10. The molecule has 0 bridgehead atoms. The standard InChI is InChI=1S/C18H21BrN4/c1-4-13(3)23-9-5-6-14-11-20-18(22-17(14)23)21-15-8-7-12(2)16(19)10-15/h5-8,10-11,13H,4,9H2,1-3H3,(H,20,21,22). The van der Waals surface area contributed by atoms with E-state index in [0.717, 1.165) is 34.5 Å². The lowest BCUT2D eigenvalue weighted by Crippen LogP contribution is -2.35. The summed E-state index contributed by atoms with van der Waals surface area (Å²) in [6.45, 7) is 7.40. The van der Waals surface area contributed by atoms with Crippen molar-refractivity contribution in [3.8, 4) is 0 Å². The number of anilines is 3. The number of aromatic nitrogens is 2. The van der Waals surface area contributed by atoms with Crippen LogP contribution >= 0.6 is 15.9 Å². The van der Waals surface area contributed by atoms with Gasteiger partial charge in [0.1, 0.15) is 5.82 Å². The van der Waals surface area contributed by atoms with Crippen LogP contribution in [0.15, 0.2) is 34.9 Å². The molecule has 0 fully saturated rings. The Kier molecular flexibility index (Phi) is 4.66. The number of rotatable bonds is 4. The first-order chi connectivity index (χ1) is 11.1. The number of hydrogen-bond acceptors (Lipinski definition) is 4. The van der Waals surface area contributed by atoms with Gasteiger partial charge < -0.3 is 10.2 Å². The van der Waals surface area contributed by atoms with Gasteiger partial charge >= 0.3 is 0 Å². The summed E-state index contributed by atoms with van der Waals surface area (Å²) in [5.74, 6) is 1.63. The first-order valence-electron chi connectivity index (χ1n) is 7.92. The fourth-order valence-corrected chi connectivity index (χ4v) is 2.96. The van der Waals surface area contributed by atoms with Crippen LogP contribution in [-0.2, 0) is 0 Å². The average Bonchev–Trinajstić information content (AvgIpc) is 2.57. The molecule has 120 valence electrons. The lowest BCUT2D eigenvalue weighted by Gasteiger charge is -2.32. The van der Waals surface area contributed by atoms with Crippen molar-refractivity contribution in [3.63, 3.8) is 0 Å². The van der Waals surface area contributed by atoms with Crippen molar-refractivity contribution in [2.75, 3.05) is 16.8 Å². The van der Waals surface area contributed by atoms with Crippen molar-refractivity contribution in [1.82, 2.24) is 9.97 Å².